The Bertz CT molecular complexity index is 261. The van der Waals surface area contributed by atoms with Gasteiger partial charge in [0.15, 0.2) is 18.8 Å². The molecule has 0 aliphatic carbocycles. The molecule has 0 aromatic carbocycles. The molecule has 0 spiro atoms. The number of ether oxygens (including phenoxy) is 2. The molecule has 0 rings (SSSR count). The van der Waals surface area contributed by atoms with Crippen molar-refractivity contribution in [2.24, 2.45) is 0 Å². The van der Waals surface area contributed by atoms with Crippen molar-refractivity contribution < 1.29 is 14.3 Å². The van der Waals surface area contributed by atoms with Crippen molar-refractivity contribution in [3.63, 3.8) is 0 Å². The molecule has 0 atom stereocenters. The van der Waals surface area contributed by atoms with Crippen LogP contribution in [0.1, 0.15) is 90.9 Å². The van der Waals surface area contributed by atoms with Gasteiger partial charge in [-0.3, -0.25) is 4.79 Å². The van der Waals surface area contributed by atoms with E-state index in [-0.39, 0.29) is 6.79 Å². The minimum absolute atomic E-state index is 0.186. The van der Waals surface area contributed by atoms with Gasteiger partial charge in [-0.05, 0) is 25.3 Å². The second kappa shape index (κ2) is 18.2. The van der Waals surface area contributed by atoms with E-state index in [0.717, 1.165) is 25.5 Å². The molecule has 0 saturated carbocycles. The van der Waals surface area contributed by atoms with E-state index in [2.05, 4.69) is 13.8 Å². The smallest absolute Gasteiger partial charge is 0.189 e. The van der Waals surface area contributed by atoms with Crippen molar-refractivity contribution in [3.8, 4) is 0 Å². The van der Waals surface area contributed by atoms with Crippen LogP contribution in [0.4, 0.5) is 0 Å². The van der Waals surface area contributed by atoms with Crippen LogP contribution in [-0.4, -0.2) is 19.7 Å². The van der Waals surface area contributed by atoms with Crippen molar-refractivity contribution in [2.75, 3.05) is 13.4 Å². The number of rotatable bonds is 17. The fourth-order valence-corrected chi connectivity index (χ4v) is 2.29. The topological polar surface area (TPSA) is 35.5 Å². The first-order valence-corrected chi connectivity index (χ1v) is 9.21. The summed E-state index contributed by atoms with van der Waals surface area (Å²) in [6.45, 7) is 5.30. The Balaban J connectivity index is 3.44. The van der Waals surface area contributed by atoms with E-state index in [4.69, 9.17) is 9.47 Å². The zero-order valence-electron chi connectivity index (χ0n) is 14.8. The average Bonchev–Trinajstić information content (AvgIpc) is 2.54. The summed E-state index contributed by atoms with van der Waals surface area (Å²) in [4.78, 5) is 10.9. The maximum Gasteiger partial charge on any atom is 0.189 e. The molecule has 0 amide bonds. The highest BCUT2D eigenvalue weighted by Gasteiger charge is 1.97. The Kier molecular flexibility index (Phi) is 17.5. The van der Waals surface area contributed by atoms with Crippen molar-refractivity contribution in [1.82, 2.24) is 0 Å². The number of hydrogen-bond acceptors (Lipinski definition) is 3. The highest BCUT2D eigenvalue weighted by Crippen LogP contribution is 2.10. The Morgan fingerprint density at radius 1 is 0.818 bits per heavy atom. The van der Waals surface area contributed by atoms with Crippen LogP contribution in [0.5, 0.6) is 0 Å². The normalized spacial score (nSPS) is 11.6. The van der Waals surface area contributed by atoms with Gasteiger partial charge in [-0.15, -0.1) is 0 Å². The van der Waals surface area contributed by atoms with E-state index < -0.39 is 0 Å². The molecule has 0 aromatic rings. The molecule has 0 aliphatic rings. The Labute approximate surface area is 137 Å². The number of aldehydes is 1. The third-order valence-electron chi connectivity index (χ3n) is 3.72. The van der Waals surface area contributed by atoms with Gasteiger partial charge in [0.05, 0.1) is 6.61 Å². The first-order chi connectivity index (χ1) is 10.8. The second-order valence-corrected chi connectivity index (χ2v) is 5.87. The fraction of sp³-hybridized carbons (Fsp3) is 0.842. The first kappa shape index (κ1) is 21.2. The van der Waals surface area contributed by atoms with Crippen molar-refractivity contribution in [2.45, 2.75) is 90.9 Å². The highest BCUT2D eigenvalue weighted by atomic mass is 16.7. The van der Waals surface area contributed by atoms with Gasteiger partial charge in [0.25, 0.3) is 0 Å². The van der Waals surface area contributed by atoms with E-state index in [9.17, 15) is 4.79 Å². The molecular formula is C19H36O3. The van der Waals surface area contributed by atoms with E-state index in [1.807, 2.05) is 6.08 Å². The summed E-state index contributed by atoms with van der Waals surface area (Å²) in [5, 5.41) is 0. The van der Waals surface area contributed by atoms with Crippen LogP contribution < -0.4 is 0 Å². The lowest BCUT2D eigenvalue weighted by Gasteiger charge is -2.06. The zero-order valence-corrected chi connectivity index (χ0v) is 14.8. The van der Waals surface area contributed by atoms with Gasteiger partial charge < -0.3 is 9.47 Å². The van der Waals surface area contributed by atoms with E-state index in [1.165, 1.54) is 57.8 Å². The molecule has 0 aromatic heterocycles. The number of carbonyl (C=O) groups is 1. The molecule has 0 radical (unpaired) electrons. The minimum Gasteiger partial charge on any atom is -0.464 e. The molecule has 0 bridgehead atoms. The molecule has 3 nitrogen and oxygen atoms in total. The monoisotopic (exact) mass is 312 g/mol. The quantitative estimate of drug-likeness (QED) is 0.112. The molecule has 0 N–H and O–H groups in total. The molecule has 130 valence electrons. The summed E-state index contributed by atoms with van der Waals surface area (Å²) in [5.41, 5.74) is 0. The van der Waals surface area contributed by atoms with Gasteiger partial charge in [0.1, 0.15) is 0 Å². The van der Waals surface area contributed by atoms with Gasteiger partial charge in [0.2, 0.25) is 0 Å². The maximum absolute atomic E-state index is 10.9. The average molecular weight is 312 g/mol. The zero-order chi connectivity index (χ0) is 16.3. The highest BCUT2D eigenvalue weighted by molar-refractivity contribution is 5.69. The van der Waals surface area contributed by atoms with Crippen molar-refractivity contribution >= 4 is 6.29 Å². The van der Waals surface area contributed by atoms with Crippen molar-refractivity contribution in [1.29, 1.82) is 0 Å². The molecule has 0 unspecified atom stereocenters. The van der Waals surface area contributed by atoms with Crippen LogP contribution in [0.15, 0.2) is 11.8 Å². The summed E-state index contributed by atoms with van der Waals surface area (Å²) in [6, 6.07) is 0. The second-order valence-electron chi connectivity index (χ2n) is 5.87. The molecule has 0 heterocycles. The van der Waals surface area contributed by atoms with Gasteiger partial charge in [-0.1, -0.05) is 71.6 Å². The van der Waals surface area contributed by atoms with E-state index in [0.29, 0.717) is 12.4 Å². The van der Waals surface area contributed by atoms with Crippen molar-refractivity contribution in [3.05, 3.63) is 11.8 Å². The lowest BCUT2D eigenvalue weighted by atomic mass is 10.1. The van der Waals surface area contributed by atoms with Gasteiger partial charge >= 0.3 is 0 Å². The number of carbonyl (C=O) groups excluding carboxylic acids is 1. The molecule has 0 aliphatic heterocycles. The third kappa shape index (κ3) is 15.6. The SMILES string of the molecule is CCCCCCCCCC/C=C(\C=O)OCOCCCCC. The third-order valence-corrected chi connectivity index (χ3v) is 3.72. The van der Waals surface area contributed by atoms with Gasteiger partial charge in [0, 0.05) is 0 Å². The standard InChI is InChI=1S/C19H36O3/c1-3-5-7-8-9-10-11-12-13-15-19(17-20)22-18-21-16-14-6-4-2/h15,17H,3-14,16,18H2,1-2H3/b19-15+. The van der Waals surface area contributed by atoms with Crippen LogP contribution in [0.2, 0.25) is 0 Å². The number of hydrogen-bond donors (Lipinski definition) is 0. The minimum atomic E-state index is 0.186. The molecular weight excluding hydrogens is 276 g/mol. The summed E-state index contributed by atoms with van der Waals surface area (Å²) < 4.78 is 10.7. The predicted octanol–water partition coefficient (Wildman–Crippen LogP) is 5.78. The largest absolute Gasteiger partial charge is 0.464 e. The molecule has 3 heteroatoms. The summed E-state index contributed by atoms with van der Waals surface area (Å²) in [6.07, 6.45) is 17.4. The summed E-state index contributed by atoms with van der Waals surface area (Å²) >= 11 is 0. The summed E-state index contributed by atoms with van der Waals surface area (Å²) in [7, 11) is 0. The Hall–Kier alpha value is -0.830. The van der Waals surface area contributed by atoms with Gasteiger partial charge in [-0.2, -0.15) is 0 Å². The van der Waals surface area contributed by atoms with Gasteiger partial charge in [-0.25, -0.2) is 0 Å². The van der Waals surface area contributed by atoms with Crippen LogP contribution in [0.25, 0.3) is 0 Å². The fourth-order valence-electron chi connectivity index (χ4n) is 2.29. The lowest BCUT2D eigenvalue weighted by Crippen LogP contribution is -2.02. The van der Waals surface area contributed by atoms with Crippen LogP contribution in [0, 0.1) is 0 Å². The summed E-state index contributed by atoms with van der Waals surface area (Å²) in [5.74, 6) is 0.415. The number of allylic oxidation sites excluding steroid dienone is 2. The number of unbranched alkanes of at least 4 members (excludes halogenated alkanes) is 10. The molecule has 0 fully saturated rings. The maximum atomic E-state index is 10.9. The molecule has 22 heavy (non-hydrogen) atoms. The van der Waals surface area contributed by atoms with Crippen LogP contribution in [-0.2, 0) is 14.3 Å². The first-order valence-electron chi connectivity index (χ1n) is 9.21. The van der Waals surface area contributed by atoms with E-state index >= 15 is 0 Å². The predicted molar refractivity (Wildman–Crippen MR) is 92.8 cm³/mol. The Morgan fingerprint density at radius 3 is 2.05 bits per heavy atom. The van der Waals surface area contributed by atoms with E-state index in [1.54, 1.807) is 0 Å². The lowest BCUT2D eigenvalue weighted by molar-refractivity contribution is -0.111. The van der Waals surface area contributed by atoms with Crippen LogP contribution >= 0.6 is 0 Å². The van der Waals surface area contributed by atoms with Crippen LogP contribution in [0.3, 0.4) is 0 Å². The molecule has 0 saturated heterocycles. The Morgan fingerprint density at radius 2 is 1.41 bits per heavy atom.